The molecular formula is C30H31N3O3. The maximum Gasteiger partial charge on any atom is 0.410 e. The van der Waals surface area contributed by atoms with Gasteiger partial charge in [0.25, 0.3) is 5.91 Å². The number of primary amides is 1. The summed E-state index contributed by atoms with van der Waals surface area (Å²) in [5, 5.41) is 0.929. The number of benzene rings is 3. The van der Waals surface area contributed by atoms with Crippen molar-refractivity contribution in [2.75, 3.05) is 0 Å². The molecule has 0 radical (unpaired) electrons. The predicted octanol–water partition coefficient (Wildman–Crippen LogP) is 5.79. The van der Waals surface area contributed by atoms with Gasteiger partial charge in [-0.25, -0.2) is 4.79 Å². The van der Waals surface area contributed by atoms with E-state index in [1.54, 1.807) is 4.90 Å². The first-order chi connectivity index (χ1) is 17.5. The van der Waals surface area contributed by atoms with Crippen molar-refractivity contribution in [1.82, 2.24) is 9.47 Å². The second-order valence-electron chi connectivity index (χ2n) is 9.53. The van der Waals surface area contributed by atoms with Crippen molar-refractivity contribution >= 4 is 22.9 Å². The number of hydrogen-bond acceptors (Lipinski definition) is 3. The summed E-state index contributed by atoms with van der Waals surface area (Å²) < 4.78 is 7.69. The van der Waals surface area contributed by atoms with E-state index >= 15 is 0 Å². The zero-order valence-corrected chi connectivity index (χ0v) is 20.5. The van der Waals surface area contributed by atoms with Crippen LogP contribution in [0.1, 0.15) is 52.0 Å². The summed E-state index contributed by atoms with van der Waals surface area (Å²) in [5.41, 5.74) is 11.3. The number of carbonyl (C=O) groups excluding carboxylic acids is 2. The van der Waals surface area contributed by atoms with Crippen molar-refractivity contribution in [2.45, 2.75) is 51.9 Å². The summed E-state index contributed by atoms with van der Waals surface area (Å²) in [4.78, 5) is 27.9. The van der Waals surface area contributed by atoms with Crippen LogP contribution in [0.2, 0.25) is 0 Å². The Labute approximate surface area is 211 Å². The third kappa shape index (κ3) is 4.85. The van der Waals surface area contributed by atoms with Gasteiger partial charge in [-0.3, -0.25) is 4.79 Å². The Balaban J connectivity index is 1.50. The number of aromatic nitrogens is 1. The number of nitrogens with zero attached hydrogens (tertiary/aromatic N) is 2. The van der Waals surface area contributed by atoms with Gasteiger partial charge in [0.2, 0.25) is 0 Å². The first kappa shape index (κ1) is 23.7. The minimum absolute atomic E-state index is 0.0909. The first-order valence-corrected chi connectivity index (χ1v) is 12.4. The Morgan fingerprint density at radius 1 is 0.944 bits per heavy atom. The van der Waals surface area contributed by atoms with Crippen molar-refractivity contribution < 1.29 is 14.3 Å². The minimum Gasteiger partial charge on any atom is -0.445 e. The van der Waals surface area contributed by atoms with Crippen LogP contribution in [0, 0.1) is 6.92 Å². The predicted molar refractivity (Wildman–Crippen MR) is 141 cm³/mol. The lowest BCUT2D eigenvalue weighted by atomic mass is 9.91. The number of nitrogens with two attached hydrogens (primary N) is 1. The van der Waals surface area contributed by atoms with Crippen LogP contribution in [-0.4, -0.2) is 27.5 Å². The van der Waals surface area contributed by atoms with Crippen LogP contribution in [0.5, 0.6) is 0 Å². The molecule has 3 aromatic carbocycles. The van der Waals surface area contributed by atoms with E-state index in [0.717, 1.165) is 46.9 Å². The molecule has 4 aromatic rings. The highest BCUT2D eigenvalue weighted by atomic mass is 16.6. The zero-order valence-electron chi connectivity index (χ0n) is 20.5. The standard InChI is InChI=1S/C30H31N3O3/c1-21-14-16-22(17-15-21)18-33-27-13-6-5-12-25(27)26(28(33)29(31)34)19-32(24-10-7-11-24)30(35)36-20-23-8-3-2-4-9-23/h2-6,8-9,12-17,24H,7,10-11,18-20H2,1H3,(H2,31,34). The van der Waals surface area contributed by atoms with E-state index in [1.807, 2.05) is 66.1 Å². The number of amides is 2. The van der Waals surface area contributed by atoms with Gasteiger partial charge in [0.1, 0.15) is 12.3 Å². The monoisotopic (exact) mass is 481 g/mol. The number of hydrogen-bond donors (Lipinski definition) is 1. The molecule has 0 spiro atoms. The highest BCUT2D eigenvalue weighted by Crippen LogP contribution is 2.32. The zero-order chi connectivity index (χ0) is 25.1. The van der Waals surface area contributed by atoms with E-state index in [0.29, 0.717) is 12.2 Å². The van der Waals surface area contributed by atoms with E-state index in [1.165, 1.54) is 5.56 Å². The first-order valence-electron chi connectivity index (χ1n) is 12.4. The van der Waals surface area contributed by atoms with Crippen LogP contribution in [0.4, 0.5) is 4.79 Å². The Morgan fingerprint density at radius 3 is 2.31 bits per heavy atom. The van der Waals surface area contributed by atoms with Crippen LogP contribution >= 0.6 is 0 Å². The SMILES string of the molecule is Cc1ccc(Cn2c(C(N)=O)c(CN(C(=O)OCc3ccccc3)C3CCC3)c3ccccc32)cc1. The van der Waals surface area contributed by atoms with Gasteiger partial charge >= 0.3 is 6.09 Å². The van der Waals surface area contributed by atoms with Gasteiger partial charge in [0.05, 0.1) is 6.54 Å². The van der Waals surface area contributed by atoms with Crippen LogP contribution in [-0.2, 0) is 24.4 Å². The molecule has 1 heterocycles. The van der Waals surface area contributed by atoms with Crippen LogP contribution < -0.4 is 5.73 Å². The molecule has 0 bridgehead atoms. The van der Waals surface area contributed by atoms with Gasteiger partial charge in [0, 0.05) is 29.1 Å². The quantitative estimate of drug-likeness (QED) is 0.346. The van der Waals surface area contributed by atoms with Crippen LogP contribution in [0.25, 0.3) is 10.9 Å². The number of carbonyl (C=O) groups is 2. The lowest BCUT2D eigenvalue weighted by Gasteiger charge is -2.37. The van der Waals surface area contributed by atoms with Gasteiger partial charge in [-0.2, -0.15) is 0 Å². The van der Waals surface area contributed by atoms with Gasteiger partial charge < -0.3 is 19.9 Å². The molecule has 2 N–H and O–H groups in total. The number of ether oxygens (including phenoxy) is 1. The lowest BCUT2D eigenvalue weighted by Crippen LogP contribution is -2.44. The molecule has 5 rings (SSSR count). The van der Waals surface area contributed by atoms with Crippen LogP contribution in [0.3, 0.4) is 0 Å². The topological polar surface area (TPSA) is 77.6 Å². The molecule has 1 saturated carbocycles. The number of fused-ring (bicyclic) bond motifs is 1. The van der Waals surface area contributed by atoms with Crippen molar-refractivity contribution in [2.24, 2.45) is 5.73 Å². The average molecular weight is 482 g/mol. The third-order valence-electron chi connectivity index (χ3n) is 7.05. The second-order valence-corrected chi connectivity index (χ2v) is 9.53. The summed E-state index contributed by atoms with van der Waals surface area (Å²) in [6.45, 7) is 3.05. The molecule has 2 amide bonds. The Kier molecular flexibility index (Phi) is 6.76. The average Bonchev–Trinajstić information content (AvgIpc) is 3.16. The molecule has 1 aliphatic rings. The fourth-order valence-corrected chi connectivity index (χ4v) is 4.87. The Bertz CT molecular complexity index is 1370. The smallest absolute Gasteiger partial charge is 0.410 e. The summed E-state index contributed by atoms with van der Waals surface area (Å²) >= 11 is 0. The number of para-hydroxylation sites is 1. The fourth-order valence-electron chi connectivity index (χ4n) is 4.87. The molecule has 0 unspecified atom stereocenters. The highest BCUT2D eigenvalue weighted by molar-refractivity contribution is 6.01. The van der Waals surface area contributed by atoms with Gasteiger partial charge in [-0.05, 0) is 43.4 Å². The maximum atomic E-state index is 13.3. The number of rotatable bonds is 8. The molecule has 36 heavy (non-hydrogen) atoms. The van der Waals surface area contributed by atoms with E-state index in [2.05, 4.69) is 24.3 Å². The minimum atomic E-state index is -0.500. The highest BCUT2D eigenvalue weighted by Gasteiger charge is 2.32. The second kappa shape index (κ2) is 10.3. The van der Waals surface area contributed by atoms with E-state index in [-0.39, 0.29) is 25.3 Å². The largest absolute Gasteiger partial charge is 0.445 e. The molecule has 6 nitrogen and oxygen atoms in total. The molecule has 1 aliphatic carbocycles. The normalized spacial score (nSPS) is 13.4. The summed E-state index contributed by atoms with van der Waals surface area (Å²) in [6.07, 6.45) is 2.56. The fraction of sp³-hybridized carbons (Fsp3) is 0.267. The molecule has 0 atom stereocenters. The van der Waals surface area contributed by atoms with E-state index in [9.17, 15) is 9.59 Å². The molecule has 184 valence electrons. The van der Waals surface area contributed by atoms with Crippen molar-refractivity contribution in [3.8, 4) is 0 Å². The molecule has 1 fully saturated rings. The number of aryl methyl sites for hydroxylation is 1. The van der Waals surface area contributed by atoms with Gasteiger partial charge in [0.15, 0.2) is 0 Å². The lowest BCUT2D eigenvalue weighted by molar-refractivity contribution is 0.0583. The van der Waals surface area contributed by atoms with E-state index in [4.69, 9.17) is 10.5 Å². The maximum absolute atomic E-state index is 13.3. The van der Waals surface area contributed by atoms with Gasteiger partial charge in [-0.15, -0.1) is 0 Å². The summed E-state index contributed by atoms with van der Waals surface area (Å²) in [7, 11) is 0. The Hall–Kier alpha value is -4.06. The Morgan fingerprint density at radius 2 is 1.64 bits per heavy atom. The van der Waals surface area contributed by atoms with Gasteiger partial charge in [-0.1, -0.05) is 78.4 Å². The van der Waals surface area contributed by atoms with Crippen LogP contribution in [0.15, 0.2) is 78.9 Å². The third-order valence-corrected chi connectivity index (χ3v) is 7.05. The summed E-state index contributed by atoms with van der Waals surface area (Å²) in [6, 6.07) is 25.9. The summed E-state index contributed by atoms with van der Waals surface area (Å²) in [5.74, 6) is -0.500. The molecule has 1 aromatic heterocycles. The molecule has 6 heteroatoms. The van der Waals surface area contributed by atoms with Crippen molar-refractivity contribution in [3.63, 3.8) is 0 Å². The molecule has 0 saturated heterocycles. The van der Waals surface area contributed by atoms with Crippen molar-refractivity contribution in [1.29, 1.82) is 0 Å². The molecule has 0 aliphatic heterocycles. The van der Waals surface area contributed by atoms with E-state index < -0.39 is 5.91 Å². The van der Waals surface area contributed by atoms with Crippen molar-refractivity contribution in [3.05, 3.63) is 107 Å². The molecular weight excluding hydrogens is 450 g/mol.